The number of carbonyl (C=O) groups excluding carboxylic acids is 1. The van der Waals surface area contributed by atoms with E-state index in [9.17, 15) is 9.18 Å². The SMILES string of the molecule is Cc1cc(C(=O)NCc2c(C)nn(C)c2C)c2c(-c3ccc(F)cc3)noc2n1. The molecule has 0 saturated carbocycles. The molecule has 4 rings (SSSR count). The minimum absolute atomic E-state index is 0.267. The molecule has 3 aromatic heterocycles. The molecule has 0 unspecified atom stereocenters. The molecule has 8 heteroatoms. The topological polar surface area (TPSA) is 85.8 Å². The minimum atomic E-state index is -0.351. The second kappa shape index (κ2) is 7.12. The number of aryl methyl sites for hydroxylation is 3. The molecule has 3 heterocycles. The molecular formula is C21H20FN5O2. The first kappa shape index (κ1) is 18.8. The minimum Gasteiger partial charge on any atom is -0.348 e. The highest BCUT2D eigenvalue weighted by molar-refractivity contribution is 6.09. The van der Waals surface area contributed by atoms with Crippen molar-refractivity contribution in [3.05, 3.63) is 64.4 Å². The maximum Gasteiger partial charge on any atom is 0.259 e. The van der Waals surface area contributed by atoms with E-state index >= 15 is 0 Å². The average molecular weight is 393 g/mol. The van der Waals surface area contributed by atoms with E-state index in [-0.39, 0.29) is 17.4 Å². The van der Waals surface area contributed by atoms with E-state index in [4.69, 9.17) is 4.52 Å². The van der Waals surface area contributed by atoms with Crippen LogP contribution in [0.25, 0.3) is 22.4 Å². The molecule has 0 spiro atoms. The van der Waals surface area contributed by atoms with Crippen molar-refractivity contribution < 1.29 is 13.7 Å². The predicted molar refractivity (Wildman–Crippen MR) is 106 cm³/mol. The molecular weight excluding hydrogens is 373 g/mol. The molecule has 29 heavy (non-hydrogen) atoms. The molecule has 7 nitrogen and oxygen atoms in total. The first-order chi connectivity index (χ1) is 13.8. The van der Waals surface area contributed by atoms with E-state index in [1.54, 1.807) is 29.8 Å². The van der Waals surface area contributed by atoms with Gasteiger partial charge in [-0.15, -0.1) is 0 Å². The molecule has 0 saturated heterocycles. The lowest BCUT2D eigenvalue weighted by Crippen LogP contribution is -2.24. The highest BCUT2D eigenvalue weighted by Gasteiger charge is 2.21. The maximum absolute atomic E-state index is 13.3. The quantitative estimate of drug-likeness (QED) is 0.572. The summed E-state index contributed by atoms with van der Waals surface area (Å²) >= 11 is 0. The predicted octanol–water partition coefficient (Wildman–Crippen LogP) is 3.62. The fourth-order valence-electron chi connectivity index (χ4n) is 3.40. The Kier molecular flexibility index (Phi) is 4.62. The van der Waals surface area contributed by atoms with E-state index in [0.29, 0.717) is 34.4 Å². The van der Waals surface area contributed by atoms with Crippen molar-refractivity contribution in [3.8, 4) is 11.3 Å². The van der Waals surface area contributed by atoms with Gasteiger partial charge < -0.3 is 9.84 Å². The summed E-state index contributed by atoms with van der Waals surface area (Å²) in [5, 5.41) is 11.9. The fourth-order valence-corrected chi connectivity index (χ4v) is 3.40. The summed E-state index contributed by atoms with van der Waals surface area (Å²) in [5.41, 5.74) is 5.25. The number of carbonyl (C=O) groups is 1. The van der Waals surface area contributed by atoms with Crippen molar-refractivity contribution in [2.45, 2.75) is 27.3 Å². The van der Waals surface area contributed by atoms with Crippen LogP contribution in [-0.2, 0) is 13.6 Å². The number of nitrogens with zero attached hydrogens (tertiary/aromatic N) is 4. The third-order valence-corrected chi connectivity index (χ3v) is 5.02. The molecule has 1 N–H and O–H groups in total. The van der Waals surface area contributed by atoms with Crippen LogP contribution in [0.3, 0.4) is 0 Å². The Hall–Kier alpha value is -3.55. The highest BCUT2D eigenvalue weighted by Crippen LogP contribution is 2.30. The van der Waals surface area contributed by atoms with Gasteiger partial charge in [0.2, 0.25) is 0 Å². The van der Waals surface area contributed by atoms with Crippen molar-refractivity contribution in [2.75, 3.05) is 0 Å². The number of rotatable bonds is 4. The van der Waals surface area contributed by atoms with Crippen LogP contribution in [0.15, 0.2) is 34.9 Å². The molecule has 0 radical (unpaired) electrons. The second-order valence-electron chi connectivity index (χ2n) is 6.99. The van der Waals surface area contributed by atoms with Crippen LogP contribution < -0.4 is 5.32 Å². The average Bonchev–Trinajstić information content (AvgIpc) is 3.21. The van der Waals surface area contributed by atoms with Crippen LogP contribution in [0.4, 0.5) is 4.39 Å². The van der Waals surface area contributed by atoms with Gasteiger partial charge in [-0.3, -0.25) is 9.48 Å². The number of aromatic nitrogens is 4. The van der Waals surface area contributed by atoms with E-state index in [1.807, 2.05) is 20.9 Å². The van der Waals surface area contributed by atoms with Crippen molar-refractivity contribution in [1.82, 2.24) is 25.2 Å². The molecule has 0 bridgehead atoms. The van der Waals surface area contributed by atoms with E-state index in [1.165, 1.54) is 12.1 Å². The summed E-state index contributed by atoms with van der Waals surface area (Å²) < 4.78 is 20.5. The summed E-state index contributed by atoms with van der Waals surface area (Å²) in [6, 6.07) is 7.56. The Bertz CT molecular complexity index is 1220. The van der Waals surface area contributed by atoms with Gasteiger partial charge in [0, 0.05) is 36.1 Å². The van der Waals surface area contributed by atoms with E-state index < -0.39 is 0 Å². The Labute approximate surface area is 166 Å². The third-order valence-electron chi connectivity index (χ3n) is 5.02. The number of hydrogen-bond donors (Lipinski definition) is 1. The summed E-state index contributed by atoms with van der Waals surface area (Å²) in [4.78, 5) is 17.4. The molecule has 1 aromatic carbocycles. The second-order valence-corrected chi connectivity index (χ2v) is 6.99. The first-order valence-electron chi connectivity index (χ1n) is 9.15. The van der Waals surface area contributed by atoms with E-state index in [0.717, 1.165) is 17.0 Å². The van der Waals surface area contributed by atoms with E-state index in [2.05, 4.69) is 20.6 Å². The Morgan fingerprint density at radius 3 is 2.59 bits per heavy atom. The third kappa shape index (κ3) is 3.37. The fraction of sp³-hybridized carbons (Fsp3) is 0.238. The number of amides is 1. The standard InChI is InChI=1S/C21H20FN5O2/c1-11-9-16(20(28)23-10-17-12(2)25-27(4)13(17)3)18-19(26-29-21(18)24-11)14-5-7-15(22)8-6-14/h5-9H,10H2,1-4H3,(H,23,28). The number of benzene rings is 1. The normalized spacial score (nSPS) is 11.2. The van der Waals surface area contributed by atoms with Gasteiger partial charge in [0.1, 0.15) is 11.5 Å². The molecule has 4 aromatic rings. The zero-order valence-corrected chi connectivity index (χ0v) is 16.6. The zero-order chi connectivity index (χ0) is 20.7. The van der Waals surface area contributed by atoms with Gasteiger partial charge in [-0.05, 0) is 51.1 Å². The van der Waals surface area contributed by atoms with Crippen molar-refractivity contribution in [2.24, 2.45) is 7.05 Å². The van der Waals surface area contributed by atoms with Crippen LogP contribution in [0.1, 0.15) is 33.0 Å². The highest BCUT2D eigenvalue weighted by atomic mass is 19.1. The number of pyridine rings is 1. The number of nitrogens with one attached hydrogen (secondary N) is 1. The number of hydrogen-bond acceptors (Lipinski definition) is 5. The molecule has 0 aliphatic heterocycles. The number of fused-ring (bicyclic) bond motifs is 1. The zero-order valence-electron chi connectivity index (χ0n) is 16.6. The largest absolute Gasteiger partial charge is 0.348 e. The van der Waals surface area contributed by atoms with Gasteiger partial charge >= 0.3 is 0 Å². The van der Waals surface area contributed by atoms with Crippen LogP contribution in [-0.4, -0.2) is 25.8 Å². The maximum atomic E-state index is 13.3. The van der Waals surface area contributed by atoms with Gasteiger partial charge in [-0.2, -0.15) is 5.10 Å². The summed E-state index contributed by atoms with van der Waals surface area (Å²) in [6.45, 7) is 6.01. The summed E-state index contributed by atoms with van der Waals surface area (Å²) in [6.07, 6.45) is 0. The summed E-state index contributed by atoms with van der Waals surface area (Å²) in [7, 11) is 1.87. The molecule has 148 valence electrons. The van der Waals surface area contributed by atoms with Crippen molar-refractivity contribution in [3.63, 3.8) is 0 Å². The Morgan fingerprint density at radius 2 is 1.93 bits per heavy atom. The molecule has 1 amide bonds. The van der Waals surface area contributed by atoms with Gasteiger partial charge in [0.05, 0.1) is 16.6 Å². The van der Waals surface area contributed by atoms with Gasteiger partial charge in [0.15, 0.2) is 0 Å². The van der Waals surface area contributed by atoms with Gasteiger partial charge in [0.25, 0.3) is 11.6 Å². The molecule has 0 atom stereocenters. The van der Waals surface area contributed by atoms with Crippen LogP contribution >= 0.6 is 0 Å². The van der Waals surface area contributed by atoms with Crippen molar-refractivity contribution >= 4 is 17.0 Å². The number of halogens is 1. The van der Waals surface area contributed by atoms with Crippen LogP contribution in [0, 0.1) is 26.6 Å². The Balaban J connectivity index is 1.73. The molecule has 0 aliphatic rings. The Morgan fingerprint density at radius 1 is 1.21 bits per heavy atom. The first-order valence-corrected chi connectivity index (χ1v) is 9.15. The molecule has 0 aliphatic carbocycles. The van der Waals surface area contributed by atoms with Crippen molar-refractivity contribution in [1.29, 1.82) is 0 Å². The van der Waals surface area contributed by atoms with Gasteiger partial charge in [-0.25, -0.2) is 9.37 Å². The summed E-state index contributed by atoms with van der Waals surface area (Å²) in [5.74, 6) is -0.620. The van der Waals surface area contributed by atoms with Crippen LogP contribution in [0.5, 0.6) is 0 Å². The van der Waals surface area contributed by atoms with Crippen LogP contribution in [0.2, 0.25) is 0 Å². The lowest BCUT2D eigenvalue weighted by atomic mass is 10.0. The smallest absolute Gasteiger partial charge is 0.259 e. The lowest BCUT2D eigenvalue weighted by molar-refractivity contribution is 0.0952. The monoisotopic (exact) mass is 393 g/mol. The molecule has 0 fully saturated rings. The lowest BCUT2D eigenvalue weighted by Gasteiger charge is -2.08. The van der Waals surface area contributed by atoms with Gasteiger partial charge in [-0.1, -0.05) is 5.16 Å².